The van der Waals surface area contributed by atoms with E-state index in [4.69, 9.17) is 4.74 Å². The molecule has 11 heteroatoms. The Morgan fingerprint density at radius 3 is 2.26 bits per heavy atom. The molecule has 1 heterocycles. The first-order valence-electron chi connectivity index (χ1n) is 17.6. The molecular formula is C39H52FN5O5. The van der Waals surface area contributed by atoms with E-state index < -0.39 is 46.9 Å². The number of nitrogens with zero attached hydrogens (tertiary/aromatic N) is 2. The van der Waals surface area contributed by atoms with Gasteiger partial charge in [-0.3, -0.25) is 14.4 Å². The van der Waals surface area contributed by atoms with Gasteiger partial charge in [0.25, 0.3) is 0 Å². The summed E-state index contributed by atoms with van der Waals surface area (Å²) in [7, 11) is 0. The summed E-state index contributed by atoms with van der Waals surface area (Å²) in [6, 6.07) is 14.0. The Hall–Kier alpha value is -4.54. The number of carbonyl (C=O) groups excluding carboxylic acids is 4. The highest BCUT2D eigenvalue weighted by Gasteiger charge is 2.35. The van der Waals surface area contributed by atoms with Crippen LogP contribution in [0.4, 0.5) is 15.0 Å². The molecule has 2 atom stereocenters. The molecule has 1 saturated carbocycles. The molecule has 3 amide bonds. The number of alkyl carbamates (subject to hydrolysis) is 1. The van der Waals surface area contributed by atoms with Crippen molar-refractivity contribution in [2.45, 2.75) is 116 Å². The maximum Gasteiger partial charge on any atom is 0.408 e. The van der Waals surface area contributed by atoms with Crippen molar-refractivity contribution in [3.8, 4) is 0 Å². The van der Waals surface area contributed by atoms with Gasteiger partial charge in [0.05, 0.1) is 6.33 Å². The summed E-state index contributed by atoms with van der Waals surface area (Å²) in [6.07, 6.45) is 8.50. The number of ether oxygens (including phenoxy) is 1. The minimum atomic E-state index is -1.39. The monoisotopic (exact) mass is 689 g/mol. The number of benzene rings is 2. The van der Waals surface area contributed by atoms with Gasteiger partial charge in [-0.2, -0.15) is 0 Å². The lowest BCUT2D eigenvalue weighted by Crippen LogP contribution is -2.58. The number of aromatic nitrogens is 2. The van der Waals surface area contributed by atoms with Gasteiger partial charge in [0.1, 0.15) is 29.0 Å². The highest BCUT2D eigenvalue weighted by molar-refractivity contribution is 5.98. The number of aryl methyl sites for hydroxylation is 1. The van der Waals surface area contributed by atoms with Gasteiger partial charge < -0.3 is 25.3 Å². The van der Waals surface area contributed by atoms with Crippen LogP contribution < -0.4 is 16.0 Å². The summed E-state index contributed by atoms with van der Waals surface area (Å²) >= 11 is 0. The third-order valence-electron chi connectivity index (χ3n) is 9.07. The van der Waals surface area contributed by atoms with E-state index in [0.717, 1.165) is 31.2 Å². The first kappa shape index (κ1) is 38.3. The van der Waals surface area contributed by atoms with Crippen LogP contribution in [-0.2, 0) is 25.5 Å². The zero-order chi connectivity index (χ0) is 36.5. The van der Waals surface area contributed by atoms with E-state index in [0.29, 0.717) is 43.1 Å². The Morgan fingerprint density at radius 2 is 1.62 bits per heavy atom. The predicted octanol–water partition coefficient (Wildman–Crippen LogP) is 7.15. The second-order valence-corrected chi connectivity index (χ2v) is 15.1. The van der Waals surface area contributed by atoms with E-state index in [-0.39, 0.29) is 11.6 Å². The average molecular weight is 690 g/mol. The van der Waals surface area contributed by atoms with Crippen molar-refractivity contribution in [3.63, 3.8) is 0 Å². The molecule has 10 nitrogen and oxygen atoms in total. The van der Waals surface area contributed by atoms with Crippen LogP contribution >= 0.6 is 0 Å². The molecule has 3 aromatic rings. The molecule has 0 radical (unpaired) electrons. The molecule has 2 aromatic carbocycles. The van der Waals surface area contributed by atoms with E-state index in [1.54, 1.807) is 43.7 Å². The van der Waals surface area contributed by atoms with Crippen LogP contribution in [-0.4, -0.2) is 50.4 Å². The normalized spacial score (nSPS) is 17.7. The average Bonchev–Trinajstić information content (AvgIpc) is 3.49. The molecule has 0 aliphatic heterocycles. The fraction of sp³-hybridized carbons (Fsp3) is 0.513. The number of halogens is 1. The number of imidazole rings is 1. The Balaban J connectivity index is 1.50. The van der Waals surface area contributed by atoms with E-state index in [1.165, 1.54) is 32.3 Å². The van der Waals surface area contributed by atoms with Crippen molar-refractivity contribution in [1.29, 1.82) is 0 Å². The molecule has 1 fully saturated rings. The molecule has 0 saturated heterocycles. The number of rotatable bonds is 14. The van der Waals surface area contributed by atoms with Gasteiger partial charge in [-0.05, 0) is 102 Å². The predicted molar refractivity (Wildman–Crippen MR) is 191 cm³/mol. The second-order valence-electron chi connectivity index (χ2n) is 15.1. The number of amides is 3. The Kier molecular flexibility index (Phi) is 12.9. The molecular weight excluding hydrogens is 637 g/mol. The summed E-state index contributed by atoms with van der Waals surface area (Å²) in [4.78, 5) is 57.9. The first-order chi connectivity index (χ1) is 23.6. The van der Waals surface area contributed by atoms with Gasteiger partial charge in [-0.15, -0.1) is 0 Å². The van der Waals surface area contributed by atoms with Crippen LogP contribution in [0.15, 0.2) is 67.1 Å². The number of hydrogen-bond acceptors (Lipinski definition) is 6. The highest BCUT2D eigenvalue weighted by Crippen LogP contribution is 2.33. The Morgan fingerprint density at radius 1 is 0.960 bits per heavy atom. The van der Waals surface area contributed by atoms with Crippen LogP contribution in [0, 0.1) is 17.7 Å². The molecule has 0 bridgehead atoms. The molecule has 1 aromatic heterocycles. The standard InChI is InChI=1S/C39H52FN5O5/c1-26-15-17-28(18-16-26)23-32(46)34(29-19-21-30(40)22-20-29)45-24-33(41-25-45)43-35(47)31(14-10-13-27-11-8-7-9-12-27)42-36(48)39(5,6)44-37(49)50-38(2,3)4/h7-9,11-12,19-22,24-26,28,31,34H,10,13-18,23H2,1-6H3,(H,42,48)(H,43,47)(H,44,49)/t26?,28?,31-,34?/m1/s1. The third kappa shape index (κ3) is 11.5. The summed E-state index contributed by atoms with van der Waals surface area (Å²) in [5, 5.41) is 8.21. The van der Waals surface area contributed by atoms with Crippen molar-refractivity contribution >= 4 is 29.5 Å². The summed E-state index contributed by atoms with van der Waals surface area (Å²) in [6.45, 7) is 10.5. The zero-order valence-corrected chi connectivity index (χ0v) is 30.1. The topological polar surface area (TPSA) is 131 Å². The maximum absolute atomic E-state index is 13.9. The van der Waals surface area contributed by atoms with Crippen molar-refractivity contribution in [1.82, 2.24) is 20.2 Å². The van der Waals surface area contributed by atoms with Crippen molar-refractivity contribution < 1.29 is 28.3 Å². The van der Waals surface area contributed by atoms with Gasteiger partial charge in [0.2, 0.25) is 11.8 Å². The second kappa shape index (κ2) is 16.9. The molecule has 1 aliphatic carbocycles. The lowest BCUT2D eigenvalue weighted by atomic mass is 9.79. The highest BCUT2D eigenvalue weighted by atomic mass is 19.1. The minimum absolute atomic E-state index is 0.00258. The maximum atomic E-state index is 13.9. The Labute approximate surface area is 295 Å². The smallest absolute Gasteiger partial charge is 0.408 e. The lowest BCUT2D eigenvalue weighted by Gasteiger charge is -2.29. The lowest BCUT2D eigenvalue weighted by molar-refractivity contribution is -0.130. The third-order valence-corrected chi connectivity index (χ3v) is 9.07. The van der Waals surface area contributed by atoms with E-state index in [2.05, 4.69) is 27.9 Å². The molecule has 1 unspecified atom stereocenters. The number of Topliss-reactive ketones (excluding diaryl/α,β-unsaturated/α-hetero) is 1. The molecule has 270 valence electrons. The number of hydrogen-bond donors (Lipinski definition) is 3. The van der Waals surface area contributed by atoms with Crippen LogP contribution in [0.5, 0.6) is 0 Å². The van der Waals surface area contributed by atoms with Crippen LogP contribution in [0.1, 0.15) is 104 Å². The van der Waals surface area contributed by atoms with Crippen molar-refractivity contribution in [2.75, 3.05) is 5.32 Å². The van der Waals surface area contributed by atoms with Crippen LogP contribution in [0.3, 0.4) is 0 Å². The fourth-order valence-electron chi connectivity index (χ4n) is 6.23. The molecule has 4 rings (SSSR count). The summed E-state index contributed by atoms with van der Waals surface area (Å²) in [5.74, 6) is -0.304. The largest absolute Gasteiger partial charge is 0.444 e. The molecule has 1 aliphatic rings. The number of anilines is 1. The van der Waals surface area contributed by atoms with Gasteiger partial charge in [-0.1, -0.05) is 62.2 Å². The van der Waals surface area contributed by atoms with Gasteiger partial charge in [-0.25, -0.2) is 14.2 Å². The number of ketones is 1. The SMILES string of the molecule is CC1CCC(CC(=O)C(c2ccc(F)cc2)n2cnc(NC(=O)[C@@H](CCCc3ccccc3)NC(=O)C(C)(C)NC(=O)OC(C)(C)C)c2)CC1. The van der Waals surface area contributed by atoms with Crippen molar-refractivity contribution in [2.24, 2.45) is 11.8 Å². The van der Waals surface area contributed by atoms with E-state index in [1.807, 2.05) is 30.3 Å². The van der Waals surface area contributed by atoms with E-state index in [9.17, 15) is 23.6 Å². The number of carbonyl (C=O) groups is 4. The zero-order valence-electron chi connectivity index (χ0n) is 30.1. The minimum Gasteiger partial charge on any atom is -0.444 e. The van der Waals surface area contributed by atoms with E-state index >= 15 is 0 Å². The molecule has 0 spiro atoms. The quantitative estimate of drug-likeness (QED) is 0.165. The molecule has 50 heavy (non-hydrogen) atoms. The Bertz CT molecular complexity index is 1590. The molecule has 3 N–H and O–H groups in total. The fourth-order valence-corrected chi connectivity index (χ4v) is 6.23. The van der Waals surface area contributed by atoms with Crippen molar-refractivity contribution in [3.05, 3.63) is 84.1 Å². The first-order valence-corrected chi connectivity index (χ1v) is 17.6. The van der Waals surface area contributed by atoms with Crippen LogP contribution in [0.2, 0.25) is 0 Å². The number of nitrogens with one attached hydrogen (secondary N) is 3. The summed E-state index contributed by atoms with van der Waals surface area (Å²) < 4.78 is 20.8. The van der Waals surface area contributed by atoms with Gasteiger partial charge >= 0.3 is 6.09 Å². The van der Waals surface area contributed by atoms with Gasteiger partial charge in [0.15, 0.2) is 11.6 Å². The van der Waals surface area contributed by atoms with Gasteiger partial charge in [0, 0.05) is 12.6 Å². The summed E-state index contributed by atoms with van der Waals surface area (Å²) in [5.41, 5.74) is -0.417. The van der Waals surface area contributed by atoms with Crippen LogP contribution in [0.25, 0.3) is 0 Å².